The van der Waals surface area contributed by atoms with Gasteiger partial charge in [0.2, 0.25) is 10.0 Å². The van der Waals surface area contributed by atoms with Crippen molar-refractivity contribution in [3.05, 3.63) is 16.3 Å². The smallest absolute Gasteiger partial charge is 0.241 e. The van der Waals surface area contributed by atoms with E-state index < -0.39 is 10.0 Å². The van der Waals surface area contributed by atoms with E-state index in [2.05, 4.69) is 10.0 Å². The van der Waals surface area contributed by atoms with Gasteiger partial charge in [0, 0.05) is 30.0 Å². The fraction of sp³-hybridized carbons (Fsp3) is 0.692. The molecule has 0 unspecified atom stereocenters. The molecule has 5 nitrogen and oxygen atoms in total. The summed E-state index contributed by atoms with van der Waals surface area (Å²) in [6.45, 7) is 5.78. The molecule has 1 aromatic rings. The molecule has 0 aliphatic carbocycles. The molecule has 0 aliphatic rings. The zero-order valence-electron chi connectivity index (χ0n) is 12.3. The monoisotopic (exact) mass is 320 g/mol. The standard InChI is InChI=1S/C13H24N2O3S2/c1-11(2)18-7-5-4-6-15-20(16,17)13-8-12(9-14-3)19-10-13/h8,10-11,14-15H,4-7,9H2,1-3H3. The number of ether oxygens (including phenoxy) is 1. The number of unbranched alkanes of at least 4 members (excludes halogenated alkanes) is 1. The lowest BCUT2D eigenvalue weighted by molar-refractivity contribution is 0.0762. The zero-order chi connectivity index (χ0) is 15.0. The van der Waals surface area contributed by atoms with Crippen molar-refractivity contribution in [3.63, 3.8) is 0 Å². The highest BCUT2D eigenvalue weighted by atomic mass is 32.2. The van der Waals surface area contributed by atoms with Gasteiger partial charge in [0.25, 0.3) is 0 Å². The highest BCUT2D eigenvalue weighted by molar-refractivity contribution is 7.89. The molecule has 0 fully saturated rings. The average molecular weight is 320 g/mol. The van der Waals surface area contributed by atoms with Gasteiger partial charge in [0.1, 0.15) is 0 Å². The zero-order valence-corrected chi connectivity index (χ0v) is 13.9. The first-order valence-corrected chi connectivity index (χ1v) is 9.15. The van der Waals surface area contributed by atoms with Crippen molar-refractivity contribution in [2.45, 2.75) is 44.2 Å². The minimum absolute atomic E-state index is 0.225. The first-order valence-electron chi connectivity index (χ1n) is 6.79. The number of thiophene rings is 1. The van der Waals surface area contributed by atoms with Crippen LogP contribution >= 0.6 is 11.3 Å². The molecule has 0 saturated carbocycles. The molecule has 0 spiro atoms. The second kappa shape index (κ2) is 8.74. The second-order valence-electron chi connectivity index (χ2n) is 4.80. The summed E-state index contributed by atoms with van der Waals surface area (Å²) in [6.07, 6.45) is 1.86. The summed E-state index contributed by atoms with van der Waals surface area (Å²) in [5.74, 6) is 0. The summed E-state index contributed by atoms with van der Waals surface area (Å²) in [4.78, 5) is 1.37. The molecular weight excluding hydrogens is 296 g/mol. The molecule has 1 heterocycles. The fourth-order valence-corrected chi connectivity index (χ4v) is 3.97. The van der Waals surface area contributed by atoms with Crippen molar-refractivity contribution in [2.75, 3.05) is 20.2 Å². The Morgan fingerprint density at radius 1 is 1.35 bits per heavy atom. The van der Waals surface area contributed by atoms with Crippen LogP contribution in [0.15, 0.2) is 16.3 Å². The summed E-state index contributed by atoms with van der Waals surface area (Å²) >= 11 is 1.45. The van der Waals surface area contributed by atoms with E-state index in [9.17, 15) is 8.42 Å². The average Bonchev–Trinajstić information content (AvgIpc) is 2.83. The van der Waals surface area contributed by atoms with Gasteiger partial charge in [0.05, 0.1) is 11.0 Å². The third-order valence-corrected chi connectivity index (χ3v) is 5.13. The van der Waals surface area contributed by atoms with E-state index in [0.29, 0.717) is 24.6 Å². The Bertz CT molecular complexity index is 484. The van der Waals surface area contributed by atoms with Crippen molar-refractivity contribution < 1.29 is 13.2 Å². The third kappa shape index (κ3) is 6.32. The predicted molar refractivity (Wildman–Crippen MR) is 82.6 cm³/mol. The Labute approximate surface area is 125 Å². The maximum absolute atomic E-state index is 12.0. The second-order valence-corrected chi connectivity index (χ2v) is 7.57. The van der Waals surface area contributed by atoms with Crippen molar-refractivity contribution in [2.24, 2.45) is 0 Å². The number of nitrogens with one attached hydrogen (secondary N) is 2. The van der Waals surface area contributed by atoms with Crippen molar-refractivity contribution in [1.29, 1.82) is 0 Å². The summed E-state index contributed by atoms with van der Waals surface area (Å²) in [7, 11) is -1.53. The molecule has 0 saturated heterocycles. The number of hydrogen-bond acceptors (Lipinski definition) is 5. The minimum atomic E-state index is -3.37. The van der Waals surface area contributed by atoms with E-state index in [4.69, 9.17) is 4.74 Å². The summed E-state index contributed by atoms with van der Waals surface area (Å²) < 4.78 is 32.1. The van der Waals surface area contributed by atoms with Crippen molar-refractivity contribution in [1.82, 2.24) is 10.0 Å². The Hall–Kier alpha value is -0.470. The van der Waals surface area contributed by atoms with Gasteiger partial charge in [-0.1, -0.05) is 0 Å². The lowest BCUT2D eigenvalue weighted by Crippen LogP contribution is -2.24. The van der Waals surface area contributed by atoms with Gasteiger partial charge in [-0.25, -0.2) is 13.1 Å². The maximum atomic E-state index is 12.0. The Kier molecular flexibility index (Phi) is 7.68. The minimum Gasteiger partial charge on any atom is -0.379 e. The van der Waals surface area contributed by atoms with E-state index in [1.807, 2.05) is 20.9 Å². The lowest BCUT2D eigenvalue weighted by Gasteiger charge is -2.07. The predicted octanol–water partition coefficient (Wildman–Crippen LogP) is 1.95. The van der Waals surface area contributed by atoms with Crippen LogP contribution < -0.4 is 10.0 Å². The van der Waals surface area contributed by atoms with Gasteiger partial charge in [-0.3, -0.25) is 0 Å². The lowest BCUT2D eigenvalue weighted by atomic mass is 10.3. The largest absolute Gasteiger partial charge is 0.379 e. The molecule has 0 aromatic carbocycles. The van der Waals surface area contributed by atoms with Crippen LogP contribution in [-0.4, -0.2) is 34.7 Å². The fourth-order valence-electron chi connectivity index (χ4n) is 1.60. The molecule has 20 heavy (non-hydrogen) atoms. The van der Waals surface area contributed by atoms with Crippen LogP contribution in [0.1, 0.15) is 31.6 Å². The van der Waals surface area contributed by atoms with Crippen LogP contribution in [0.2, 0.25) is 0 Å². The van der Waals surface area contributed by atoms with Crippen molar-refractivity contribution >= 4 is 21.4 Å². The van der Waals surface area contributed by atoms with Crippen LogP contribution in [-0.2, 0) is 21.3 Å². The topological polar surface area (TPSA) is 67.4 Å². The molecule has 0 aliphatic heterocycles. The Balaban J connectivity index is 2.33. The van der Waals surface area contributed by atoms with Gasteiger partial charge in [0.15, 0.2) is 0 Å². The highest BCUT2D eigenvalue weighted by Gasteiger charge is 2.15. The molecule has 1 rings (SSSR count). The number of rotatable bonds is 10. The first-order chi connectivity index (χ1) is 9.45. The third-order valence-electron chi connectivity index (χ3n) is 2.61. The molecule has 0 bridgehead atoms. The molecule has 116 valence electrons. The van der Waals surface area contributed by atoms with E-state index in [1.54, 1.807) is 11.4 Å². The van der Waals surface area contributed by atoms with Crippen LogP contribution in [0.3, 0.4) is 0 Å². The highest BCUT2D eigenvalue weighted by Crippen LogP contribution is 2.18. The molecule has 7 heteroatoms. The van der Waals surface area contributed by atoms with Gasteiger partial charge in [-0.05, 0) is 39.8 Å². The summed E-state index contributed by atoms with van der Waals surface area (Å²) in [5.41, 5.74) is 0. The summed E-state index contributed by atoms with van der Waals surface area (Å²) in [5, 5.41) is 4.68. The summed E-state index contributed by atoms with van der Waals surface area (Å²) in [6, 6.07) is 1.71. The van der Waals surface area contributed by atoms with E-state index >= 15 is 0 Å². The molecule has 2 N–H and O–H groups in total. The molecule has 0 radical (unpaired) electrons. The molecule has 0 amide bonds. The van der Waals surface area contributed by atoms with Crippen LogP contribution in [0.25, 0.3) is 0 Å². The Morgan fingerprint density at radius 2 is 2.10 bits per heavy atom. The van der Waals surface area contributed by atoms with Gasteiger partial charge < -0.3 is 10.1 Å². The maximum Gasteiger partial charge on any atom is 0.241 e. The van der Waals surface area contributed by atoms with E-state index in [-0.39, 0.29) is 6.10 Å². The first kappa shape index (κ1) is 17.6. The van der Waals surface area contributed by atoms with Gasteiger partial charge >= 0.3 is 0 Å². The van der Waals surface area contributed by atoms with Gasteiger partial charge in [-0.15, -0.1) is 11.3 Å². The van der Waals surface area contributed by atoms with E-state index in [1.165, 1.54) is 11.3 Å². The number of sulfonamides is 1. The van der Waals surface area contributed by atoms with Crippen LogP contribution in [0, 0.1) is 0 Å². The normalized spacial score (nSPS) is 12.2. The SMILES string of the molecule is CNCc1cc(S(=O)(=O)NCCCCOC(C)C)cs1. The number of hydrogen-bond donors (Lipinski definition) is 2. The van der Waals surface area contributed by atoms with Crippen molar-refractivity contribution in [3.8, 4) is 0 Å². The van der Waals surface area contributed by atoms with E-state index in [0.717, 1.165) is 17.7 Å². The van der Waals surface area contributed by atoms with Crippen LogP contribution in [0.4, 0.5) is 0 Å². The van der Waals surface area contributed by atoms with Gasteiger partial charge in [-0.2, -0.15) is 0 Å². The molecule has 0 atom stereocenters. The molecular formula is C13H24N2O3S2. The van der Waals surface area contributed by atoms with Crippen LogP contribution in [0.5, 0.6) is 0 Å². The quantitative estimate of drug-likeness (QED) is 0.647. The molecule has 1 aromatic heterocycles. The Morgan fingerprint density at radius 3 is 2.75 bits per heavy atom.